The molecule has 0 N–H and O–H groups in total. The number of halogens is 1. The second kappa shape index (κ2) is 4.85. The molecule has 1 aromatic carbocycles. The van der Waals surface area contributed by atoms with Crippen LogP contribution in [0.2, 0.25) is 0 Å². The van der Waals surface area contributed by atoms with Gasteiger partial charge in [-0.1, -0.05) is 34.1 Å². The zero-order valence-corrected chi connectivity index (χ0v) is 11.2. The van der Waals surface area contributed by atoms with Crippen LogP contribution in [0.3, 0.4) is 0 Å². The number of hydrogen-bond acceptors (Lipinski definition) is 2. The van der Waals surface area contributed by atoms with E-state index in [1.807, 2.05) is 6.07 Å². The quantitative estimate of drug-likeness (QED) is 0.786. The molecule has 1 aromatic rings. The van der Waals surface area contributed by atoms with Gasteiger partial charge in [0.1, 0.15) is 0 Å². The molecule has 1 aliphatic rings. The van der Waals surface area contributed by atoms with Crippen LogP contribution in [0, 0.1) is 0 Å². The first kappa shape index (κ1) is 12.1. The summed E-state index contributed by atoms with van der Waals surface area (Å²) in [5.74, 6) is 0. The average Bonchev–Trinajstić information content (AvgIpc) is 2.31. The Morgan fingerprint density at radius 3 is 2.25 bits per heavy atom. The summed E-state index contributed by atoms with van der Waals surface area (Å²) in [6.45, 7) is 1.21. The fraction of sp³-hybridized carbons (Fsp3) is 0.455. The predicted molar refractivity (Wildman–Crippen MR) is 67.1 cm³/mol. The Labute approximate surface area is 105 Å². The van der Waals surface area contributed by atoms with Crippen molar-refractivity contribution in [1.82, 2.24) is 4.31 Å². The Morgan fingerprint density at radius 2 is 1.69 bits per heavy atom. The summed E-state index contributed by atoms with van der Waals surface area (Å²) in [5.41, 5.74) is 0. The maximum Gasteiger partial charge on any atom is 0.243 e. The highest BCUT2D eigenvalue weighted by Crippen LogP contribution is 2.23. The van der Waals surface area contributed by atoms with Crippen molar-refractivity contribution >= 4 is 26.0 Å². The fourth-order valence-corrected chi connectivity index (χ4v) is 3.71. The molecule has 0 aliphatic carbocycles. The van der Waals surface area contributed by atoms with Crippen LogP contribution >= 0.6 is 15.9 Å². The molecule has 1 fully saturated rings. The number of sulfonamides is 1. The van der Waals surface area contributed by atoms with E-state index in [4.69, 9.17) is 0 Å². The summed E-state index contributed by atoms with van der Waals surface area (Å²) in [6.07, 6.45) is 1.76. The minimum Gasteiger partial charge on any atom is -0.207 e. The van der Waals surface area contributed by atoms with Gasteiger partial charge in [0.15, 0.2) is 0 Å². The molecule has 0 spiro atoms. The Hall–Kier alpha value is -0.390. The lowest BCUT2D eigenvalue weighted by atomic mass is 10.2. The van der Waals surface area contributed by atoms with Crippen LogP contribution in [0.5, 0.6) is 0 Å². The first-order valence-corrected chi connectivity index (χ1v) is 7.65. The van der Waals surface area contributed by atoms with Crippen molar-refractivity contribution < 1.29 is 8.42 Å². The van der Waals surface area contributed by atoms with Crippen LogP contribution in [0.4, 0.5) is 0 Å². The molecule has 0 radical (unpaired) electrons. The van der Waals surface area contributed by atoms with E-state index >= 15 is 0 Å². The highest BCUT2D eigenvalue weighted by atomic mass is 79.9. The Balaban J connectivity index is 2.20. The van der Waals surface area contributed by atoms with Crippen molar-refractivity contribution in [2.24, 2.45) is 0 Å². The van der Waals surface area contributed by atoms with Crippen LogP contribution in [0.15, 0.2) is 35.2 Å². The monoisotopic (exact) mass is 303 g/mol. The Bertz CT molecular complexity index is 438. The number of hydrogen-bond donors (Lipinski definition) is 0. The predicted octanol–water partition coefficient (Wildman–Crippen LogP) is 2.23. The van der Waals surface area contributed by atoms with Crippen molar-refractivity contribution in [3.05, 3.63) is 30.3 Å². The van der Waals surface area contributed by atoms with E-state index in [1.54, 1.807) is 28.6 Å². The minimum absolute atomic E-state index is 0.392. The zero-order chi connectivity index (χ0) is 11.6. The highest BCUT2D eigenvalue weighted by Gasteiger charge is 2.28. The summed E-state index contributed by atoms with van der Waals surface area (Å²) in [7, 11) is -3.27. The Kier molecular flexibility index (Phi) is 3.66. The molecule has 5 heteroatoms. The van der Waals surface area contributed by atoms with Gasteiger partial charge in [-0.15, -0.1) is 0 Å². The van der Waals surface area contributed by atoms with E-state index in [2.05, 4.69) is 15.9 Å². The van der Waals surface area contributed by atoms with Crippen LogP contribution in [-0.4, -0.2) is 30.6 Å². The van der Waals surface area contributed by atoms with Gasteiger partial charge in [-0.2, -0.15) is 4.31 Å². The summed E-state index contributed by atoms with van der Waals surface area (Å²) in [4.78, 5) is 0.845. The topological polar surface area (TPSA) is 37.4 Å². The van der Waals surface area contributed by atoms with E-state index in [1.165, 1.54) is 0 Å². The molecule has 16 heavy (non-hydrogen) atoms. The van der Waals surface area contributed by atoms with Crippen molar-refractivity contribution in [2.45, 2.75) is 22.6 Å². The lowest BCUT2D eigenvalue weighted by Gasteiger charge is -2.28. The van der Waals surface area contributed by atoms with Gasteiger partial charge in [0.25, 0.3) is 0 Å². The number of rotatable bonds is 2. The van der Waals surface area contributed by atoms with Gasteiger partial charge in [0, 0.05) is 17.9 Å². The molecule has 2 rings (SSSR count). The van der Waals surface area contributed by atoms with E-state index in [0.717, 1.165) is 12.8 Å². The molecule has 88 valence electrons. The van der Waals surface area contributed by atoms with Gasteiger partial charge in [-0.3, -0.25) is 0 Å². The van der Waals surface area contributed by atoms with Crippen LogP contribution in [-0.2, 0) is 10.0 Å². The second-order valence-electron chi connectivity index (χ2n) is 3.89. The number of nitrogens with zero attached hydrogens (tertiary/aromatic N) is 1. The van der Waals surface area contributed by atoms with E-state index in [0.29, 0.717) is 22.8 Å². The molecule has 0 atom stereocenters. The van der Waals surface area contributed by atoms with E-state index in [9.17, 15) is 8.42 Å². The molecule has 1 saturated heterocycles. The maximum atomic E-state index is 12.2. The van der Waals surface area contributed by atoms with Crippen molar-refractivity contribution in [3.63, 3.8) is 0 Å². The molecule has 1 heterocycles. The standard InChI is InChI=1S/C11H14BrNO2S/c12-10-6-8-13(9-7-10)16(14,15)11-4-2-1-3-5-11/h1-5,10H,6-9H2. The minimum atomic E-state index is -3.27. The molecule has 3 nitrogen and oxygen atoms in total. The molecule has 1 aliphatic heterocycles. The van der Waals surface area contributed by atoms with Crippen LogP contribution < -0.4 is 0 Å². The van der Waals surface area contributed by atoms with Gasteiger partial charge in [0.05, 0.1) is 4.90 Å². The first-order chi connectivity index (χ1) is 7.60. The molecular weight excluding hydrogens is 290 g/mol. The van der Waals surface area contributed by atoms with Crippen molar-refractivity contribution in [2.75, 3.05) is 13.1 Å². The molecular formula is C11H14BrNO2S. The largest absolute Gasteiger partial charge is 0.243 e. The third kappa shape index (κ3) is 2.47. The maximum absolute atomic E-state index is 12.2. The first-order valence-electron chi connectivity index (χ1n) is 5.30. The van der Waals surface area contributed by atoms with Gasteiger partial charge in [-0.25, -0.2) is 8.42 Å². The number of benzene rings is 1. The summed E-state index contributed by atoms with van der Waals surface area (Å²) >= 11 is 3.52. The molecule has 0 bridgehead atoms. The lowest BCUT2D eigenvalue weighted by molar-refractivity contribution is 0.354. The van der Waals surface area contributed by atoms with Crippen LogP contribution in [0.1, 0.15) is 12.8 Å². The SMILES string of the molecule is O=S(=O)(c1ccccc1)N1CCC(Br)CC1. The zero-order valence-electron chi connectivity index (χ0n) is 8.84. The van der Waals surface area contributed by atoms with E-state index < -0.39 is 10.0 Å². The molecule has 0 saturated carbocycles. The van der Waals surface area contributed by atoms with Gasteiger partial charge >= 0.3 is 0 Å². The second-order valence-corrected chi connectivity index (χ2v) is 7.12. The van der Waals surface area contributed by atoms with Crippen LogP contribution in [0.25, 0.3) is 0 Å². The number of piperidine rings is 1. The molecule has 0 unspecified atom stereocenters. The normalized spacial score (nSPS) is 19.8. The third-order valence-corrected chi connectivity index (χ3v) is 5.59. The lowest BCUT2D eigenvalue weighted by Crippen LogP contribution is -2.38. The summed E-state index contributed by atoms with van der Waals surface area (Å²) in [5, 5.41) is 0. The highest BCUT2D eigenvalue weighted by molar-refractivity contribution is 9.09. The average molecular weight is 304 g/mol. The van der Waals surface area contributed by atoms with Crippen molar-refractivity contribution in [3.8, 4) is 0 Å². The summed E-state index contributed by atoms with van der Waals surface area (Å²) in [6, 6.07) is 8.63. The smallest absolute Gasteiger partial charge is 0.207 e. The summed E-state index contributed by atoms with van der Waals surface area (Å²) < 4.78 is 26.0. The van der Waals surface area contributed by atoms with Gasteiger partial charge < -0.3 is 0 Å². The fourth-order valence-electron chi connectivity index (χ4n) is 1.81. The van der Waals surface area contributed by atoms with E-state index in [-0.39, 0.29) is 0 Å². The number of alkyl halides is 1. The van der Waals surface area contributed by atoms with Gasteiger partial charge in [-0.05, 0) is 25.0 Å². The molecule has 0 aromatic heterocycles. The van der Waals surface area contributed by atoms with Crippen molar-refractivity contribution in [1.29, 1.82) is 0 Å². The molecule has 0 amide bonds. The third-order valence-electron chi connectivity index (χ3n) is 2.76. The van der Waals surface area contributed by atoms with Gasteiger partial charge in [0.2, 0.25) is 10.0 Å². The Morgan fingerprint density at radius 1 is 1.12 bits per heavy atom.